The number of hydrogen-bond donors (Lipinski definition) is 0. The number of aromatic nitrogens is 2. The highest BCUT2D eigenvalue weighted by atomic mass is 32.2. The molecule has 3 aromatic rings. The summed E-state index contributed by atoms with van der Waals surface area (Å²) >= 11 is 0. The summed E-state index contributed by atoms with van der Waals surface area (Å²) in [6.45, 7) is 0.622. The summed E-state index contributed by atoms with van der Waals surface area (Å²) in [6, 6.07) is 11.8. The van der Waals surface area contributed by atoms with Crippen LogP contribution in [0, 0.1) is 0 Å². The van der Waals surface area contributed by atoms with E-state index in [-0.39, 0.29) is 29.5 Å². The summed E-state index contributed by atoms with van der Waals surface area (Å²) in [5.74, 6) is 0.190. The van der Waals surface area contributed by atoms with Crippen LogP contribution in [0.3, 0.4) is 0 Å². The highest BCUT2D eigenvalue weighted by molar-refractivity contribution is 7.91. The van der Waals surface area contributed by atoms with Crippen LogP contribution in [0.15, 0.2) is 58.0 Å². The van der Waals surface area contributed by atoms with Crippen molar-refractivity contribution in [3.05, 3.63) is 71.4 Å². The van der Waals surface area contributed by atoms with Gasteiger partial charge in [-0.25, -0.2) is 8.42 Å². The Morgan fingerprint density at radius 1 is 1.13 bits per heavy atom. The Hall–Kier alpha value is -2.87. The number of rotatable bonds is 8. The predicted octanol–water partition coefficient (Wildman–Crippen LogP) is 2.89. The molecule has 1 aliphatic carbocycles. The number of nitrogens with zero attached hydrogens (tertiary/aromatic N) is 3. The highest BCUT2D eigenvalue weighted by Crippen LogP contribution is 2.26. The Bertz CT molecular complexity index is 1120. The fraction of sp³-hybridized carbons (Fsp3) is 0.364. The molecule has 4 rings (SSSR count). The fourth-order valence-corrected chi connectivity index (χ4v) is 5.20. The molecular weight excluding hydrogens is 402 g/mol. The van der Waals surface area contributed by atoms with Crippen molar-refractivity contribution in [2.75, 3.05) is 5.75 Å². The second-order valence-electron chi connectivity index (χ2n) is 7.56. The number of amides is 1. The van der Waals surface area contributed by atoms with E-state index in [0.29, 0.717) is 12.3 Å². The third-order valence-electron chi connectivity index (χ3n) is 5.51. The average Bonchev–Trinajstić information content (AvgIpc) is 3.48. The summed E-state index contributed by atoms with van der Waals surface area (Å²) in [4.78, 5) is 14.9. The van der Waals surface area contributed by atoms with E-state index in [1.165, 1.54) is 11.3 Å². The van der Waals surface area contributed by atoms with Crippen molar-refractivity contribution < 1.29 is 17.6 Å². The van der Waals surface area contributed by atoms with Crippen LogP contribution in [0.2, 0.25) is 0 Å². The summed E-state index contributed by atoms with van der Waals surface area (Å²) in [5, 5.41) is 4.61. The molecule has 0 unspecified atom stereocenters. The number of aryl methyl sites for hydroxylation is 1. The van der Waals surface area contributed by atoms with Crippen LogP contribution in [-0.2, 0) is 47.6 Å². The van der Waals surface area contributed by atoms with Gasteiger partial charge in [-0.15, -0.1) is 0 Å². The van der Waals surface area contributed by atoms with Crippen LogP contribution in [0.25, 0.3) is 0 Å². The van der Waals surface area contributed by atoms with Crippen molar-refractivity contribution in [2.45, 2.75) is 43.7 Å². The van der Waals surface area contributed by atoms with E-state index in [1.54, 1.807) is 47.6 Å². The van der Waals surface area contributed by atoms with E-state index < -0.39 is 9.84 Å². The topological polar surface area (TPSA) is 85.4 Å². The third-order valence-corrected chi connectivity index (χ3v) is 7.24. The van der Waals surface area contributed by atoms with Gasteiger partial charge in [-0.05, 0) is 49.1 Å². The van der Waals surface area contributed by atoms with Gasteiger partial charge in [0.2, 0.25) is 5.91 Å². The quantitative estimate of drug-likeness (QED) is 0.552. The van der Waals surface area contributed by atoms with Gasteiger partial charge in [0, 0.05) is 19.2 Å². The number of hydrogen-bond acceptors (Lipinski definition) is 5. The predicted molar refractivity (Wildman–Crippen MR) is 111 cm³/mol. The molecule has 0 spiro atoms. The van der Waals surface area contributed by atoms with Gasteiger partial charge in [-0.1, -0.05) is 18.2 Å². The molecule has 2 heterocycles. The largest absolute Gasteiger partial charge is 0.467 e. The van der Waals surface area contributed by atoms with E-state index in [9.17, 15) is 13.2 Å². The number of benzene rings is 1. The van der Waals surface area contributed by atoms with Crippen LogP contribution in [0.5, 0.6) is 0 Å². The first-order valence-corrected chi connectivity index (χ1v) is 11.7. The molecule has 0 bridgehead atoms. The molecular formula is C22H25N3O4S. The maximum Gasteiger partial charge on any atom is 0.224 e. The smallest absolute Gasteiger partial charge is 0.224 e. The molecule has 0 radical (unpaired) electrons. The van der Waals surface area contributed by atoms with Gasteiger partial charge in [0.25, 0.3) is 0 Å². The van der Waals surface area contributed by atoms with Gasteiger partial charge in [0.15, 0.2) is 9.84 Å². The molecule has 8 heteroatoms. The van der Waals surface area contributed by atoms with Crippen LogP contribution in [0.1, 0.15) is 35.6 Å². The molecule has 1 aliphatic rings. The molecule has 0 saturated carbocycles. The normalized spacial score (nSPS) is 13.4. The highest BCUT2D eigenvalue weighted by Gasteiger charge is 2.26. The van der Waals surface area contributed by atoms with E-state index in [4.69, 9.17) is 4.42 Å². The number of furan rings is 1. The lowest BCUT2D eigenvalue weighted by molar-refractivity contribution is -0.132. The Kier molecular flexibility index (Phi) is 5.76. The van der Waals surface area contributed by atoms with Crippen molar-refractivity contribution in [1.82, 2.24) is 14.7 Å². The molecule has 0 saturated heterocycles. The van der Waals surface area contributed by atoms with Gasteiger partial charge in [-0.2, -0.15) is 5.10 Å². The zero-order valence-electron chi connectivity index (χ0n) is 17.0. The Labute approximate surface area is 176 Å². The Morgan fingerprint density at radius 2 is 1.93 bits per heavy atom. The zero-order chi connectivity index (χ0) is 21.1. The second-order valence-corrected chi connectivity index (χ2v) is 9.67. The average molecular weight is 428 g/mol. The molecule has 1 aromatic carbocycles. The molecule has 158 valence electrons. The zero-order valence-corrected chi connectivity index (χ0v) is 17.8. The third kappa shape index (κ3) is 4.33. The van der Waals surface area contributed by atoms with E-state index in [1.807, 2.05) is 17.8 Å². The molecule has 7 nitrogen and oxygen atoms in total. The van der Waals surface area contributed by atoms with Crippen LogP contribution in [-0.4, -0.2) is 34.8 Å². The summed E-state index contributed by atoms with van der Waals surface area (Å²) in [5.41, 5.74) is 3.32. The minimum atomic E-state index is -3.52. The number of carbonyl (C=O) groups excluding carboxylic acids is 1. The lowest BCUT2D eigenvalue weighted by Gasteiger charge is -2.21. The molecule has 1 amide bonds. The lowest BCUT2D eigenvalue weighted by atomic mass is 10.2. The molecule has 2 aromatic heterocycles. The van der Waals surface area contributed by atoms with Gasteiger partial charge in [0.05, 0.1) is 35.7 Å². The molecule has 0 aliphatic heterocycles. The van der Waals surface area contributed by atoms with Crippen molar-refractivity contribution in [3.8, 4) is 0 Å². The van der Waals surface area contributed by atoms with Gasteiger partial charge in [-0.3, -0.25) is 9.48 Å². The van der Waals surface area contributed by atoms with E-state index in [2.05, 4.69) is 5.10 Å². The Morgan fingerprint density at radius 3 is 2.67 bits per heavy atom. The Balaban J connectivity index is 1.51. The standard InChI is InChI=1S/C22H25N3O4S/c1-24-21-11-5-10-19(21)20(23-24)16-25(15-17-7-6-13-29-17)22(26)12-14-30(27,28)18-8-3-2-4-9-18/h2-4,6-9,13H,5,10-12,14-16H2,1H3. The maximum atomic E-state index is 13.0. The summed E-state index contributed by atoms with van der Waals surface area (Å²) in [7, 11) is -1.59. The minimum absolute atomic E-state index is 0.0903. The summed E-state index contributed by atoms with van der Waals surface area (Å²) in [6.07, 6.45) is 4.53. The van der Waals surface area contributed by atoms with Gasteiger partial charge >= 0.3 is 0 Å². The van der Waals surface area contributed by atoms with Crippen molar-refractivity contribution >= 4 is 15.7 Å². The number of fused-ring (bicyclic) bond motifs is 1. The molecule has 0 atom stereocenters. The van der Waals surface area contributed by atoms with Crippen LogP contribution >= 0.6 is 0 Å². The first kappa shape index (κ1) is 20.4. The number of sulfone groups is 1. The van der Waals surface area contributed by atoms with Gasteiger partial charge < -0.3 is 9.32 Å². The van der Waals surface area contributed by atoms with Crippen molar-refractivity contribution in [1.29, 1.82) is 0 Å². The first-order chi connectivity index (χ1) is 14.4. The van der Waals surface area contributed by atoms with Crippen molar-refractivity contribution in [3.63, 3.8) is 0 Å². The first-order valence-electron chi connectivity index (χ1n) is 10.1. The fourth-order valence-electron chi connectivity index (χ4n) is 3.95. The van der Waals surface area contributed by atoms with E-state index >= 15 is 0 Å². The van der Waals surface area contributed by atoms with Crippen LogP contribution in [0.4, 0.5) is 0 Å². The molecule has 0 fully saturated rings. The summed E-state index contributed by atoms with van der Waals surface area (Å²) < 4.78 is 32.5. The van der Waals surface area contributed by atoms with Crippen molar-refractivity contribution in [2.24, 2.45) is 7.05 Å². The maximum absolute atomic E-state index is 13.0. The lowest BCUT2D eigenvalue weighted by Crippen LogP contribution is -2.32. The molecule has 30 heavy (non-hydrogen) atoms. The van der Waals surface area contributed by atoms with Crippen LogP contribution < -0.4 is 0 Å². The van der Waals surface area contributed by atoms with Gasteiger partial charge in [0.1, 0.15) is 5.76 Å². The minimum Gasteiger partial charge on any atom is -0.467 e. The SMILES string of the molecule is Cn1nc(CN(Cc2ccco2)C(=O)CCS(=O)(=O)c2ccccc2)c2c1CCC2. The van der Waals surface area contributed by atoms with E-state index in [0.717, 1.165) is 25.0 Å². The number of carbonyl (C=O) groups is 1. The second kappa shape index (κ2) is 8.47. The molecule has 0 N–H and O–H groups in total. The monoisotopic (exact) mass is 427 g/mol.